The molecule has 2 aliphatic heterocycles. The molecule has 1 amide bonds. The summed E-state index contributed by atoms with van der Waals surface area (Å²) in [6, 6.07) is 0. The standard InChI is InChI=1S/C22H27N5O2S2/c1-14-17-20(24-16-8-4-2-7-11-27(16)21(17)29)31-18(14)19(28)25-22-23-15(13-30-22)12-26-9-5-3-6-10-26/h13H,2-12H2,1H3,(H,23,25,28). The minimum atomic E-state index is -0.209. The summed E-state index contributed by atoms with van der Waals surface area (Å²) >= 11 is 2.77. The van der Waals surface area contributed by atoms with E-state index in [0.29, 0.717) is 26.8 Å². The predicted molar refractivity (Wildman–Crippen MR) is 125 cm³/mol. The van der Waals surface area contributed by atoms with E-state index >= 15 is 0 Å². The number of carbonyl (C=O) groups is 1. The number of anilines is 1. The average molecular weight is 458 g/mol. The molecule has 3 aromatic rings. The van der Waals surface area contributed by atoms with Crippen molar-refractivity contribution >= 4 is 43.9 Å². The number of aromatic nitrogens is 3. The predicted octanol–water partition coefficient (Wildman–Crippen LogP) is 4.19. The Bertz CT molecular complexity index is 1170. The number of piperidine rings is 1. The fourth-order valence-electron chi connectivity index (χ4n) is 4.56. The molecule has 0 saturated carbocycles. The van der Waals surface area contributed by atoms with Gasteiger partial charge in [-0.2, -0.15) is 0 Å². The van der Waals surface area contributed by atoms with Crippen LogP contribution in [0.1, 0.15) is 65.3 Å². The maximum atomic E-state index is 13.1. The van der Waals surface area contributed by atoms with Crippen molar-refractivity contribution in [3.8, 4) is 0 Å². The summed E-state index contributed by atoms with van der Waals surface area (Å²) < 4.78 is 1.81. The highest BCUT2D eigenvalue weighted by atomic mass is 32.1. The number of hydrogen-bond donors (Lipinski definition) is 1. The van der Waals surface area contributed by atoms with Crippen molar-refractivity contribution < 1.29 is 4.79 Å². The fraction of sp³-hybridized carbons (Fsp3) is 0.545. The van der Waals surface area contributed by atoms with Gasteiger partial charge >= 0.3 is 0 Å². The quantitative estimate of drug-likeness (QED) is 0.635. The minimum absolute atomic E-state index is 0.00670. The zero-order valence-electron chi connectivity index (χ0n) is 17.8. The Morgan fingerprint density at radius 1 is 1.10 bits per heavy atom. The van der Waals surface area contributed by atoms with Crippen molar-refractivity contribution in [2.24, 2.45) is 0 Å². The minimum Gasteiger partial charge on any atom is -0.297 e. The van der Waals surface area contributed by atoms with E-state index in [1.54, 1.807) is 0 Å². The average Bonchev–Trinajstić information content (AvgIpc) is 3.24. The van der Waals surface area contributed by atoms with Gasteiger partial charge in [-0.15, -0.1) is 22.7 Å². The number of nitrogens with one attached hydrogen (secondary N) is 1. The molecule has 3 aromatic heterocycles. The molecular weight excluding hydrogens is 430 g/mol. The van der Waals surface area contributed by atoms with Gasteiger partial charge in [0.05, 0.1) is 16.0 Å². The Morgan fingerprint density at radius 2 is 1.87 bits per heavy atom. The molecule has 0 aliphatic carbocycles. The lowest BCUT2D eigenvalue weighted by Crippen LogP contribution is -2.29. The van der Waals surface area contributed by atoms with E-state index in [9.17, 15) is 9.59 Å². The lowest BCUT2D eigenvalue weighted by molar-refractivity contribution is 0.103. The van der Waals surface area contributed by atoms with Crippen LogP contribution < -0.4 is 10.9 Å². The van der Waals surface area contributed by atoms with Crippen molar-refractivity contribution in [2.45, 2.75) is 65.0 Å². The molecule has 5 heterocycles. The van der Waals surface area contributed by atoms with Crippen LogP contribution in [-0.2, 0) is 19.5 Å². The molecule has 2 aliphatic rings. The van der Waals surface area contributed by atoms with Gasteiger partial charge in [0, 0.05) is 24.9 Å². The largest absolute Gasteiger partial charge is 0.297 e. The van der Waals surface area contributed by atoms with Crippen molar-refractivity contribution in [3.05, 3.63) is 37.7 Å². The van der Waals surface area contributed by atoms with Crippen LogP contribution in [0.3, 0.4) is 0 Å². The number of nitrogens with zero attached hydrogens (tertiary/aromatic N) is 4. The van der Waals surface area contributed by atoms with Crippen LogP contribution in [0, 0.1) is 6.92 Å². The van der Waals surface area contributed by atoms with Gasteiger partial charge in [0.25, 0.3) is 11.5 Å². The van der Waals surface area contributed by atoms with Gasteiger partial charge in [0.1, 0.15) is 10.7 Å². The van der Waals surface area contributed by atoms with Crippen molar-refractivity contribution in [1.29, 1.82) is 0 Å². The Kier molecular flexibility index (Phi) is 5.90. The maximum absolute atomic E-state index is 13.1. The zero-order valence-corrected chi connectivity index (χ0v) is 19.4. The van der Waals surface area contributed by atoms with Crippen molar-refractivity contribution in [1.82, 2.24) is 19.4 Å². The molecular formula is C22H27N5O2S2. The molecule has 164 valence electrons. The Balaban J connectivity index is 1.37. The molecule has 1 saturated heterocycles. The number of aryl methyl sites for hydroxylation is 2. The monoisotopic (exact) mass is 457 g/mol. The first kappa shape index (κ1) is 20.8. The Morgan fingerprint density at radius 3 is 2.71 bits per heavy atom. The lowest BCUT2D eigenvalue weighted by Gasteiger charge is -2.25. The molecule has 7 nitrogen and oxygen atoms in total. The van der Waals surface area contributed by atoms with Gasteiger partial charge < -0.3 is 0 Å². The smallest absolute Gasteiger partial charge is 0.267 e. The van der Waals surface area contributed by atoms with E-state index in [0.717, 1.165) is 62.4 Å². The summed E-state index contributed by atoms with van der Waals surface area (Å²) in [5, 5.41) is 6.16. The van der Waals surface area contributed by atoms with Gasteiger partial charge in [0.15, 0.2) is 5.13 Å². The molecule has 5 rings (SSSR count). The van der Waals surface area contributed by atoms with Gasteiger partial charge in [-0.25, -0.2) is 9.97 Å². The first-order valence-corrected chi connectivity index (χ1v) is 12.8. The van der Waals surface area contributed by atoms with Crippen LogP contribution in [0.2, 0.25) is 0 Å². The van der Waals surface area contributed by atoms with Gasteiger partial charge in [-0.05, 0) is 51.3 Å². The lowest BCUT2D eigenvalue weighted by atomic mass is 10.1. The van der Waals surface area contributed by atoms with E-state index < -0.39 is 0 Å². The molecule has 31 heavy (non-hydrogen) atoms. The number of thiazole rings is 1. The summed E-state index contributed by atoms with van der Waals surface area (Å²) in [5.41, 5.74) is 1.71. The zero-order chi connectivity index (χ0) is 21.4. The molecule has 1 N–H and O–H groups in total. The van der Waals surface area contributed by atoms with Crippen LogP contribution in [0.15, 0.2) is 10.2 Å². The number of likely N-dealkylation sites (tertiary alicyclic amines) is 1. The molecule has 0 atom stereocenters. The summed E-state index contributed by atoms with van der Waals surface area (Å²) in [6.07, 6.45) is 7.80. The SMILES string of the molecule is Cc1c(C(=O)Nc2nc(CN3CCCCC3)cs2)sc2nc3n(c(=O)c12)CCCCC3. The van der Waals surface area contributed by atoms with Crippen molar-refractivity contribution in [3.63, 3.8) is 0 Å². The van der Waals surface area contributed by atoms with Crippen LogP contribution in [0.25, 0.3) is 10.2 Å². The molecule has 0 unspecified atom stereocenters. The van der Waals surface area contributed by atoms with Crippen LogP contribution in [0.4, 0.5) is 5.13 Å². The van der Waals surface area contributed by atoms with Gasteiger partial charge in [-0.1, -0.05) is 12.8 Å². The van der Waals surface area contributed by atoms with E-state index in [4.69, 9.17) is 4.98 Å². The second-order valence-electron chi connectivity index (χ2n) is 8.47. The van der Waals surface area contributed by atoms with Gasteiger partial charge in [0.2, 0.25) is 0 Å². The third kappa shape index (κ3) is 4.18. The molecule has 1 fully saturated rings. The van der Waals surface area contributed by atoms with Crippen LogP contribution in [0.5, 0.6) is 0 Å². The molecule has 0 bridgehead atoms. The highest BCUT2D eigenvalue weighted by Gasteiger charge is 2.23. The van der Waals surface area contributed by atoms with Crippen LogP contribution in [-0.4, -0.2) is 38.4 Å². The number of carbonyl (C=O) groups excluding carboxylic acids is 1. The normalized spacial score (nSPS) is 17.5. The third-order valence-corrected chi connectivity index (χ3v) is 8.22. The summed E-state index contributed by atoms with van der Waals surface area (Å²) in [6.45, 7) is 5.64. The first-order chi connectivity index (χ1) is 15.1. The number of thiophene rings is 1. The van der Waals surface area contributed by atoms with Crippen molar-refractivity contribution in [2.75, 3.05) is 18.4 Å². The number of hydrogen-bond acceptors (Lipinski definition) is 7. The Hall–Kier alpha value is -2.10. The fourth-order valence-corrected chi connectivity index (χ4v) is 6.35. The first-order valence-electron chi connectivity index (χ1n) is 11.1. The molecule has 0 spiro atoms. The highest BCUT2D eigenvalue weighted by Crippen LogP contribution is 2.29. The summed E-state index contributed by atoms with van der Waals surface area (Å²) in [7, 11) is 0. The molecule has 0 radical (unpaired) electrons. The number of rotatable bonds is 4. The second kappa shape index (κ2) is 8.80. The topological polar surface area (TPSA) is 80.1 Å². The van der Waals surface area contributed by atoms with E-state index in [1.807, 2.05) is 16.9 Å². The highest BCUT2D eigenvalue weighted by molar-refractivity contribution is 7.21. The van der Waals surface area contributed by atoms with E-state index in [2.05, 4.69) is 15.2 Å². The second-order valence-corrected chi connectivity index (χ2v) is 10.3. The van der Waals surface area contributed by atoms with Crippen LogP contribution >= 0.6 is 22.7 Å². The summed E-state index contributed by atoms with van der Waals surface area (Å²) in [4.78, 5) is 39.1. The molecule has 9 heteroatoms. The third-order valence-electron chi connectivity index (χ3n) is 6.22. The van der Waals surface area contributed by atoms with Gasteiger partial charge in [-0.3, -0.25) is 24.4 Å². The molecule has 0 aromatic carbocycles. The van der Waals surface area contributed by atoms with E-state index in [1.165, 1.54) is 41.9 Å². The maximum Gasteiger partial charge on any atom is 0.267 e. The summed E-state index contributed by atoms with van der Waals surface area (Å²) in [5.74, 6) is 0.643. The Labute approximate surface area is 189 Å². The number of amides is 1. The van der Waals surface area contributed by atoms with E-state index in [-0.39, 0.29) is 11.5 Å². The number of fused-ring (bicyclic) bond motifs is 2.